The average molecular weight is 304 g/mol. The molecule has 1 aliphatic carbocycles. The van der Waals surface area contributed by atoms with Gasteiger partial charge in [0, 0.05) is 24.2 Å². The van der Waals surface area contributed by atoms with E-state index in [0.29, 0.717) is 30.6 Å². The molecule has 3 N–H and O–H groups in total. The molecule has 0 aliphatic heterocycles. The van der Waals surface area contributed by atoms with E-state index >= 15 is 0 Å². The van der Waals surface area contributed by atoms with Crippen LogP contribution in [0, 0.1) is 5.41 Å². The zero-order valence-corrected chi connectivity index (χ0v) is 12.5. The first-order valence-corrected chi connectivity index (χ1v) is 7.38. The second-order valence-corrected chi connectivity index (χ2v) is 5.60. The molecule has 0 saturated heterocycles. The number of hydrogen-bond acceptors (Lipinski definition) is 3. The standard InChI is InChI=1S/C16H20N2O4/c1-2-17-14(20)11-4-6-12(7-5-11)18-13(19)10-16(15(21)22)8-3-9-16/h4-7H,2-3,8-10H2,1H3,(H,17,20)(H,18,19)(H,21,22). The van der Waals surface area contributed by atoms with Crippen LogP contribution < -0.4 is 10.6 Å². The van der Waals surface area contributed by atoms with Crippen LogP contribution in [0.2, 0.25) is 0 Å². The van der Waals surface area contributed by atoms with Crippen LogP contribution in [-0.2, 0) is 9.59 Å². The summed E-state index contributed by atoms with van der Waals surface area (Å²) >= 11 is 0. The molecular weight excluding hydrogens is 284 g/mol. The molecule has 0 atom stereocenters. The van der Waals surface area contributed by atoms with E-state index in [1.165, 1.54) is 0 Å². The minimum atomic E-state index is -0.902. The van der Waals surface area contributed by atoms with Gasteiger partial charge in [0.15, 0.2) is 0 Å². The van der Waals surface area contributed by atoms with Crippen molar-refractivity contribution >= 4 is 23.5 Å². The van der Waals surface area contributed by atoms with Crippen molar-refractivity contribution in [3.63, 3.8) is 0 Å². The van der Waals surface area contributed by atoms with Gasteiger partial charge in [-0.25, -0.2) is 0 Å². The summed E-state index contributed by atoms with van der Waals surface area (Å²) in [7, 11) is 0. The van der Waals surface area contributed by atoms with E-state index in [-0.39, 0.29) is 18.2 Å². The number of carboxylic acids is 1. The van der Waals surface area contributed by atoms with Crippen LogP contribution >= 0.6 is 0 Å². The van der Waals surface area contributed by atoms with Crippen molar-refractivity contribution in [2.75, 3.05) is 11.9 Å². The topological polar surface area (TPSA) is 95.5 Å². The number of anilines is 1. The van der Waals surface area contributed by atoms with Crippen molar-refractivity contribution < 1.29 is 19.5 Å². The van der Waals surface area contributed by atoms with E-state index in [0.717, 1.165) is 6.42 Å². The molecule has 1 aromatic carbocycles. The minimum absolute atomic E-state index is 0.0135. The third-order valence-electron chi connectivity index (χ3n) is 4.03. The molecule has 118 valence electrons. The summed E-state index contributed by atoms with van der Waals surface area (Å²) in [4.78, 5) is 34.9. The maximum absolute atomic E-state index is 12.0. The van der Waals surface area contributed by atoms with Crippen molar-refractivity contribution in [1.82, 2.24) is 5.32 Å². The highest BCUT2D eigenvalue weighted by atomic mass is 16.4. The maximum Gasteiger partial charge on any atom is 0.310 e. The van der Waals surface area contributed by atoms with Crippen LogP contribution in [0.25, 0.3) is 0 Å². The number of hydrogen-bond donors (Lipinski definition) is 3. The fourth-order valence-corrected chi connectivity index (χ4v) is 2.55. The molecule has 0 radical (unpaired) electrons. The molecule has 1 aliphatic rings. The quantitative estimate of drug-likeness (QED) is 0.749. The Kier molecular flexibility index (Phi) is 4.80. The first-order chi connectivity index (χ1) is 10.5. The van der Waals surface area contributed by atoms with Gasteiger partial charge in [-0.3, -0.25) is 14.4 Å². The molecule has 0 aromatic heterocycles. The Morgan fingerprint density at radius 1 is 1.18 bits per heavy atom. The lowest BCUT2D eigenvalue weighted by molar-refractivity contribution is -0.157. The molecule has 0 bridgehead atoms. The largest absolute Gasteiger partial charge is 0.481 e. The highest BCUT2D eigenvalue weighted by molar-refractivity contribution is 5.96. The van der Waals surface area contributed by atoms with Crippen LogP contribution in [0.5, 0.6) is 0 Å². The third-order valence-corrected chi connectivity index (χ3v) is 4.03. The van der Waals surface area contributed by atoms with E-state index in [4.69, 9.17) is 0 Å². The van der Waals surface area contributed by atoms with E-state index in [1.807, 2.05) is 6.92 Å². The van der Waals surface area contributed by atoms with Crippen molar-refractivity contribution in [3.8, 4) is 0 Å². The van der Waals surface area contributed by atoms with Crippen molar-refractivity contribution in [3.05, 3.63) is 29.8 Å². The summed E-state index contributed by atoms with van der Waals surface area (Å²) < 4.78 is 0. The van der Waals surface area contributed by atoms with Gasteiger partial charge in [-0.05, 0) is 44.0 Å². The summed E-state index contributed by atoms with van der Waals surface area (Å²) in [5, 5.41) is 14.6. The van der Waals surface area contributed by atoms with Crippen LogP contribution in [0.15, 0.2) is 24.3 Å². The first kappa shape index (κ1) is 16.0. The highest BCUT2D eigenvalue weighted by Crippen LogP contribution is 2.44. The van der Waals surface area contributed by atoms with Gasteiger partial charge in [-0.1, -0.05) is 6.42 Å². The number of carbonyl (C=O) groups excluding carboxylic acids is 2. The summed E-state index contributed by atoms with van der Waals surface area (Å²) in [6.45, 7) is 2.39. The Hall–Kier alpha value is -2.37. The summed E-state index contributed by atoms with van der Waals surface area (Å²) in [5.74, 6) is -1.38. The van der Waals surface area contributed by atoms with Crippen molar-refractivity contribution in [2.45, 2.75) is 32.6 Å². The van der Waals surface area contributed by atoms with E-state index in [9.17, 15) is 19.5 Å². The predicted molar refractivity (Wildman–Crippen MR) is 81.6 cm³/mol. The SMILES string of the molecule is CCNC(=O)c1ccc(NC(=O)CC2(C(=O)O)CCC2)cc1. The molecule has 6 nitrogen and oxygen atoms in total. The second-order valence-electron chi connectivity index (χ2n) is 5.60. The Balaban J connectivity index is 1.94. The Bertz CT molecular complexity index is 576. The van der Waals surface area contributed by atoms with Gasteiger partial charge < -0.3 is 15.7 Å². The van der Waals surface area contributed by atoms with Gasteiger partial charge in [0.25, 0.3) is 5.91 Å². The normalized spacial score (nSPS) is 15.5. The molecule has 1 aromatic rings. The molecule has 2 rings (SSSR count). The molecule has 0 heterocycles. The van der Waals surface area contributed by atoms with Gasteiger partial charge in [-0.15, -0.1) is 0 Å². The Morgan fingerprint density at radius 3 is 2.27 bits per heavy atom. The fraction of sp³-hybridized carbons (Fsp3) is 0.438. The predicted octanol–water partition coefficient (Wildman–Crippen LogP) is 2.02. The Morgan fingerprint density at radius 2 is 1.82 bits per heavy atom. The number of amides is 2. The first-order valence-electron chi connectivity index (χ1n) is 7.38. The van der Waals surface area contributed by atoms with Crippen LogP contribution in [0.3, 0.4) is 0 Å². The molecule has 6 heteroatoms. The number of carbonyl (C=O) groups is 3. The monoisotopic (exact) mass is 304 g/mol. The lowest BCUT2D eigenvalue weighted by atomic mass is 9.66. The number of carboxylic acid groups (broad SMARTS) is 1. The number of nitrogens with one attached hydrogen (secondary N) is 2. The highest BCUT2D eigenvalue weighted by Gasteiger charge is 2.45. The molecule has 0 unspecified atom stereocenters. The lowest BCUT2D eigenvalue weighted by Crippen LogP contribution is -2.41. The van der Waals surface area contributed by atoms with Crippen molar-refractivity contribution in [2.24, 2.45) is 5.41 Å². The van der Waals surface area contributed by atoms with E-state index < -0.39 is 11.4 Å². The maximum atomic E-state index is 12.0. The van der Waals surface area contributed by atoms with Crippen LogP contribution in [-0.4, -0.2) is 29.4 Å². The smallest absolute Gasteiger partial charge is 0.310 e. The zero-order chi connectivity index (χ0) is 16.2. The van der Waals surface area contributed by atoms with E-state index in [2.05, 4.69) is 10.6 Å². The Labute approximate surface area is 128 Å². The molecule has 1 saturated carbocycles. The lowest BCUT2D eigenvalue weighted by Gasteiger charge is -2.36. The van der Waals surface area contributed by atoms with Crippen molar-refractivity contribution in [1.29, 1.82) is 0 Å². The zero-order valence-electron chi connectivity index (χ0n) is 12.5. The summed E-state index contributed by atoms with van der Waals surface area (Å²) in [6, 6.07) is 6.52. The van der Waals surface area contributed by atoms with Gasteiger partial charge in [0.1, 0.15) is 0 Å². The van der Waals surface area contributed by atoms with Crippen LogP contribution in [0.1, 0.15) is 43.0 Å². The number of benzene rings is 1. The summed E-state index contributed by atoms with van der Waals surface area (Å²) in [6.07, 6.45) is 1.93. The molecule has 22 heavy (non-hydrogen) atoms. The number of aliphatic carboxylic acids is 1. The molecular formula is C16H20N2O4. The van der Waals surface area contributed by atoms with Gasteiger partial charge in [-0.2, -0.15) is 0 Å². The van der Waals surface area contributed by atoms with E-state index in [1.54, 1.807) is 24.3 Å². The minimum Gasteiger partial charge on any atom is -0.481 e. The molecule has 2 amide bonds. The average Bonchev–Trinajstić information content (AvgIpc) is 2.43. The van der Waals surface area contributed by atoms with Gasteiger partial charge in [0.05, 0.1) is 5.41 Å². The second kappa shape index (κ2) is 6.60. The summed E-state index contributed by atoms with van der Waals surface area (Å²) in [5.41, 5.74) is 0.171. The van der Waals surface area contributed by atoms with Gasteiger partial charge in [0.2, 0.25) is 5.91 Å². The molecule has 0 spiro atoms. The van der Waals surface area contributed by atoms with Gasteiger partial charge >= 0.3 is 5.97 Å². The number of rotatable bonds is 6. The fourth-order valence-electron chi connectivity index (χ4n) is 2.55. The van der Waals surface area contributed by atoms with Crippen LogP contribution in [0.4, 0.5) is 5.69 Å². The third kappa shape index (κ3) is 3.44. The molecule has 1 fully saturated rings.